The highest BCUT2D eigenvalue weighted by atomic mass is 35.5. The molecule has 0 saturated heterocycles. The van der Waals surface area contributed by atoms with Crippen molar-refractivity contribution in [3.8, 4) is 0 Å². The Kier molecular flexibility index (Phi) is 5.05. The summed E-state index contributed by atoms with van der Waals surface area (Å²) in [6.07, 6.45) is 0.785. The standard InChI is InChI=1S/C16H15ClN4OS/c17-16-20-12-7-10-23-13(12)14(21-16)18-8-4-9-19-15(22)11-5-2-1-3-6-11/h1-3,5-7,10H,4,8-9H2,(H,19,22)(H,18,20,21). The topological polar surface area (TPSA) is 66.9 Å². The first-order valence-corrected chi connectivity index (χ1v) is 8.47. The van der Waals surface area contributed by atoms with Crippen LogP contribution in [0, 0.1) is 0 Å². The van der Waals surface area contributed by atoms with Crippen LogP contribution in [0.15, 0.2) is 41.8 Å². The van der Waals surface area contributed by atoms with Crippen molar-refractivity contribution in [2.24, 2.45) is 0 Å². The summed E-state index contributed by atoms with van der Waals surface area (Å²) in [5, 5.41) is 8.34. The number of hydrogen-bond donors (Lipinski definition) is 2. The minimum atomic E-state index is -0.0590. The van der Waals surface area contributed by atoms with Crippen LogP contribution in [-0.2, 0) is 0 Å². The number of aromatic nitrogens is 2. The number of anilines is 1. The SMILES string of the molecule is O=C(NCCCNc1nc(Cl)nc2ccsc12)c1ccccc1. The number of halogens is 1. The van der Waals surface area contributed by atoms with Gasteiger partial charge in [0.15, 0.2) is 0 Å². The van der Waals surface area contributed by atoms with E-state index in [-0.39, 0.29) is 11.2 Å². The lowest BCUT2D eigenvalue weighted by atomic mass is 10.2. The molecule has 5 nitrogen and oxygen atoms in total. The van der Waals surface area contributed by atoms with Gasteiger partial charge in [-0.15, -0.1) is 11.3 Å². The number of nitrogens with zero attached hydrogens (tertiary/aromatic N) is 2. The lowest BCUT2D eigenvalue weighted by Crippen LogP contribution is -2.25. The van der Waals surface area contributed by atoms with Crippen LogP contribution in [-0.4, -0.2) is 29.0 Å². The quantitative estimate of drug-likeness (QED) is 0.529. The molecule has 0 spiro atoms. The number of benzene rings is 1. The molecule has 0 aliphatic heterocycles. The fourth-order valence-electron chi connectivity index (χ4n) is 2.14. The van der Waals surface area contributed by atoms with Crippen LogP contribution < -0.4 is 10.6 Å². The van der Waals surface area contributed by atoms with Gasteiger partial charge in [-0.3, -0.25) is 4.79 Å². The number of hydrogen-bond acceptors (Lipinski definition) is 5. The van der Waals surface area contributed by atoms with Crippen molar-refractivity contribution in [2.45, 2.75) is 6.42 Å². The maximum Gasteiger partial charge on any atom is 0.251 e. The van der Waals surface area contributed by atoms with Crippen LogP contribution >= 0.6 is 22.9 Å². The van der Waals surface area contributed by atoms with Gasteiger partial charge in [0.2, 0.25) is 5.28 Å². The highest BCUT2D eigenvalue weighted by molar-refractivity contribution is 7.17. The van der Waals surface area contributed by atoms with Crippen LogP contribution in [0.25, 0.3) is 10.2 Å². The molecular formula is C16H15ClN4OS. The first-order valence-electron chi connectivity index (χ1n) is 7.22. The van der Waals surface area contributed by atoms with Gasteiger partial charge in [-0.1, -0.05) is 18.2 Å². The first kappa shape index (κ1) is 15.7. The van der Waals surface area contributed by atoms with E-state index < -0.39 is 0 Å². The monoisotopic (exact) mass is 346 g/mol. The Labute approximate surface area is 142 Å². The normalized spacial score (nSPS) is 10.7. The third kappa shape index (κ3) is 3.97. The van der Waals surface area contributed by atoms with E-state index in [2.05, 4.69) is 20.6 Å². The Morgan fingerprint density at radius 1 is 1.13 bits per heavy atom. The largest absolute Gasteiger partial charge is 0.369 e. The summed E-state index contributed by atoms with van der Waals surface area (Å²) >= 11 is 7.49. The van der Waals surface area contributed by atoms with Crippen molar-refractivity contribution in [2.75, 3.05) is 18.4 Å². The van der Waals surface area contributed by atoms with Gasteiger partial charge in [0.1, 0.15) is 5.82 Å². The van der Waals surface area contributed by atoms with Crippen LogP contribution in [0.5, 0.6) is 0 Å². The Bertz CT molecular complexity index is 806. The Morgan fingerprint density at radius 2 is 1.96 bits per heavy atom. The zero-order valence-corrected chi connectivity index (χ0v) is 13.8. The molecule has 118 valence electrons. The molecule has 0 aliphatic rings. The Hall–Kier alpha value is -2.18. The second-order valence-electron chi connectivity index (χ2n) is 4.88. The van der Waals surface area contributed by atoms with Crippen molar-refractivity contribution in [1.82, 2.24) is 15.3 Å². The minimum absolute atomic E-state index is 0.0590. The highest BCUT2D eigenvalue weighted by Crippen LogP contribution is 2.26. The summed E-state index contributed by atoms with van der Waals surface area (Å²) in [4.78, 5) is 20.3. The molecule has 0 fully saturated rings. The number of thiophene rings is 1. The van der Waals surface area contributed by atoms with E-state index in [9.17, 15) is 4.79 Å². The molecule has 2 aromatic heterocycles. The van der Waals surface area contributed by atoms with Crippen LogP contribution in [0.3, 0.4) is 0 Å². The second kappa shape index (κ2) is 7.39. The Morgan fingerprint density at radius 3 is 2.78 bits per heavy atom. The molecular weight excluding hydrogens is 332 g/mol. The molecule has 3 rings (SSSR count). The molecule has 0 aliphatic carbocycles. The second-order valence-corrected chi connectivity index (χ2v) is 6.13. The molecule has 2 N–H and O–H groups in total. The van der Waals surface area contributed by atoms with Crippen molar-refractivity contribution in [1.29, 1.82) is 0 Å². The van der Waals surface area contributed by atoms with Crippen molar-refractivity contribution < 1.29 is 4.79 Å². The van der Waals surface area contributed by atoms with Crippen LogP contribution in [0.2, 0.25) is 5.28 Å². The minimum Gasteiger partial charge on any atom is -0.369 e. The summed E-state index contributed by atoms with van der Waals surface area (Å²) in [7, 11) is 0. The molecule has 0 atom stereocenters. The lowest BCUT2D eigenvalue weighted by Gasteiger charge is -2.08. The third-order valence-corrected chi connectivity index (χ3v) is 4.32. The van der Waals surface area contributed by atoms with Gasteiger partial charge in [0, 0.05) is 18.7 Å². The van der Waals surface area contributed by atoms with E-state index in [1.807, 2.05) is 29.6 Å². The van der Waals surface area contributed by atoms with Gasteiger partial charge in [-0.2, -0.15) is 4.98 Å². The molecule has 1 amide bonds. The lowest BCUT2D eigenvalue weighted by molar-refractivity contribution is 0.0953. The summed E-state index contributed by atoms with van der Waals surface area (Å²) in [5.74, 6) is 0.681. The van der Waals surface area contributed by atoms with Gasteiger partial charge < -0.3 is 10.6 Å². The van der Waals surface area contributed by atoms with Crippen molar-refractivity contribution in [3.05, 3.63) is 52.6 Å². The summed E-state index contributed by atoms with van der Waals surface area (Å²) < 4.78 is 0.989. The van der Waals surface area contributed by atoms with E-state index in [0.717, 1.165) is 22.5 Å². The molecule has 23 heavy (non-hydrogen) atoms. The van der Waals surface area contributed by atoms with E-state index >= 15 is 0 Å². The van der Waals surface area contributed by atoms with Crippen molar-refractivity contribution in [3.63, 3.8) is 0 Å². The maximum atomic E-state index is 11.9. The predicted octanol–water partition coefficient (Wildman–Crippen LogP) is 3.58. The molecule has 0 unspecified atom stereocenters. The van der Waals surface area contributed by atoms with Gasteiger partial charge in [-0.05, 0) is 41.6 Å². The zero-order valence-electron chi connectivity index (χ0n) is 12.3. The highest BCUT2D eigenvalue weighted by Gasteiger charge is 2.07. The third-order valence-electron chi connectivity index (χ3n) is 3.24. The number of carbonyl (C=O) groups is 1. The average Bonchev–Trinajstić information content (AvgIpc) is 3.03. The molecule has 3 aromatic rings. The molecule has 0 radical (unpaired) electrons. The fraction of sp³-hybridized carbons (Fsp3) is 0.188. The van der Waals surface area contributed by atoms with E-state index in [4.69, 9.17) is 11.6 Å². The van der Waals surface area contributed by atoms with Gasteiger partial charge in [0.25, 0.3) is 5.91 Å². The van der Waals surface area contributed by atoms with E-state index in [1.54, 1.807) is 23.5 Å². The van der Waals surface area contributed by atoms with E-state index in [1.165, 1.54) is 0 Å². The van der Waals surface area contributed by atoms with Gasteiger partial charge >= 0.3 is 0 Å². The van der Waals surface area contributed by atoms with Crippen LogP contribution in [0.1, 0.15) is 16.8 Å². The number of rotatable bonds is 6. The van der Waals surface area contributed by atoms with Crippen LogP contribution in [0.4, 0.5) is 5.82 Å². The van der Waals surface area contributed by atoms with Crippen molar-refractivity contribution >= 4 is 44.9 Å². The molecule has 0 saturated carbocycles. The predicted molar refractivity (Wildman–Crippen MR) is 94.3 cm³/mol. The first-order chi connectivity index (χ1) is 11.2. The van der Waals surface area contributed by atoms with E-state index in [0.29, 0.717) is 18.7 Å². The smallest absolute Gasteiger partial charge is 0.251 e. The summed E-state index contributed by atoms with van der Waals surface area (Å²) in [5.41, 5.74) is 1.51. The zero-order chi connectivity index (χ0) is 16.1. The molecule has 1 aromatic carbocycles. The number of fused-ring (bicyclic) bond motifs is 1. The molecule has 7 heteroatoms. The number of nitrogens with one attached hydrogen (secondary N) is 2. The summed E-state index contributed by atoms with van der Waals surface area (Å²) in [6, 6.07) is 11.1. The summed E-state index contributed by atoms with van der Waals surface area (Å²) in [6.45, 7) is 1.28. The van der Waals surface area contributed by atoms with Gasteiger partial charge in [0.05, 0.1) is 10.2 Å². The Balaban J connectivity index is 1.48. The number of carbonyl (C=O) groups excluding carboxylic acids is 1. The average molecular weight is 347 g/mol. The molecule has 0 bridgehead atoms. The van der Waals surface area contributed by atoms with Gasteiger partial charge in [-0.25, -0.2) is 4.98 Å². The maximum absolute atomic E-state index is 11.9. The number of amides is 1. The fourth-order valence-corrected chi connectivity index (χ4v) is 3.12. The molecule has 2 heterocycles.